The zero-order valence-corrected chi connectivity index (χ0v) is 17.3. The minimum Gasteiger partial charge on any atom is -0.488 e. The van der Waals surface area contributed by atoms with Crippen LogP contribution in [0.2, 0.25) is 0 Å². The fraction of sp³-hybridized carbons (Fsp3) is 0.227. The van der Waals surface area contributed by atoms with E-state index in [4.69, 9.17) is 10.5 Å². The van der Waals surface area contributed by atoms with Crippen molar-refractivity contribution in [3.05, 3.63) is 72.2 Å². The number of rotatable bonds is 6. The van der Waals surface area contributed by atoms with Gasteiger partial charge in [0.15, 0.2) is 14.9 Å². The number of anilines is 1. The third kappa shape index (κ3) is 4.60. The van der Waals surface area contributed by atoms with Gasteiger partial charge in [-0.05, 0) is 47.5 Å². The zero-order chi connectivity index (χ0) is 21.3. The van der Waals surface area contributed by atoms with Crippen molar-refractivity contribution in [3.63, 3.8) is 0 Å². The minimum atomic E-state index is -3.31. The minimum absolute atomic E-state index is 0.0593. The first kappa shape index (κ1) is 20.3. The molecule has 2 aromatic carbocycles. The second-order valence-corrected chi connectivity index (χ2v) is 9.43. The van der Waals surface area contributed by atoms with Crippen LogP contribution in [-0.2, 0) is 16.4 Å². The predicted molar refractivity (Wildman–Crippen MR) is 113 cm³/mol. The van der Waals surface area contributed by atoms with E-state index in [0.29, 0.717) is 6.54 Å². The van der Waals surface area contributed by atoms with Gasteiger partial charge in [0, 0.05) is 37.7 Å². The molecule has 30 heavy (non-hydrogen) atoms. The molecule has 1 fully saturated rings. The van der Waals surface area contributed by atoms with Crippen molar-refractivity contribution in [2.24, 2.45) is 0 Å². The van der Waals surface area contributed by atoms with Crippen molar-refractivity contribution in [1.29, 1.82) is 0 Å². The second-order valence-electron chi connectivity index (χ2n) is 7.47. The molecule has 0 radical (unpaired) electrons. The number of nitrogen functional groups attached to an aromatic ring is 1. The molecule has 0 saturated carbocycles. The Hall–Kier alpha value is -2.97. The summed E-state index contributed by atoms with van der Waals surface area (Å²) < 4.78 is 42.3. The number of halogens is 1. The Morgan fingerprint density at radius 1 is 1.10 bits per heavy atom. The van der Waals surface area contributed by atoms with Crippen LogP contribution in [0.5, 0.6) is 5.75 Å². The largest absolute Gasteiger partial charge is 0.488 e. The average molecular weight is 428 g/mol. The Morgan fingerprint density at radius 2 is 1.80 bits per heavy atom. The quantitative estimate of drug-likeness (QED) is 0.609. The van der Waals surface area contributed by atoms with Crippen LogP contribution < -0.4 is 10.5 Å². The van der Waals surface area contributed by atoms with E-state index in [0.717, 1.165) is 41.8 Å². The molecule has 0 unspecified atom stereocenters. The number of pyridine rings is 1. The summed E-state index contributed by atoms with van der Waals surface area (Å²) in [5, 5.41) is 0.0593. The van der Waals surface area contributed by atoms with E-state index in [-0.39, 0.29) is 16.8 Å². The van der Waals surface area contributed by atoms with Gasteiger partial charge in [-0.15, -0.1) is 0 Å². The predicted octanol–water partition coefficient (Wildman–Crippen LogP) is 3.14. The number of hydrogen-bond donors (Lipinski definition) is 1. The molecular weight excluding hydrogens is 405 g/mol. The second kappa shape index (κ2) is 8.04. The summed E-state index contributed by atoms with van der Waals surface area (Å²) in [7, 11) is -3.31. The van der Waals surface area contributed by atoms with E-state index in [1.807, 2.05) is 24.3 Å². The summed E-state index contributed by atoms with van der Waals surface area (Å²) in [5.74, 6) is 0.379. The highest BCUT2D eigenvalue weighted by atomic mass is 32.2. The van der Waals surface area contributed by atoms with Gasteiger partial charge >= 0.3 is 0 Å². The van der Waals surface area contributed by atoms with E-state index in [1.54, 1.807) is 24.4 Å². The topological polar surface area (TPSA) is 85.5 Å². The molecule has 0 amide bonds. The fourth-order valence-electron chi connectivity index (χ4n) is 3.36. The summed E-state index contributed by atoms with van der Waals surface area (Å²) in [5.41, 5.74) is 8.53. The van der Waals surface area contributed by atoms with Crippen molar-refractivity contribution < 1.29 is 17.5 Å². The van der Waals surface area contributed by atoms with E-state index in [2.05, 4.69) is 9.88 Å². The summed E-state index contributed by atoms with van der Waals surface area (Å²) in [4.78, 5) is 6.23. The molecule has 156 valence electrons. The first-order valence-electron chi connectivity index (χ1n) is 9.47. The molecule has 0 bridgehead atoms. The molecule has 0 atom stereocenters. The van der Waals surface area contributed by atoms with Gasteiger partial charge in [0.25, 0.3) is 0 Å². The third-order valence-electron chi connectivity index (χ3n) is 5.00. The van der Waals surface area contributed by atoms with Crippen molar-refractivity contribution in [1.82, 2.24) is 9.88 Å². The maximum absolute atomic E-state index is 13.3. The molecular formula is C22H22FN3O3S. The number of sulfone groups is 1. The Morgan fingerprint density at radius 3 is 2.40 bits per heavy atom. The van der Waals surface area contributed by atoms with Gasteiger partial charge in [0.05, 0.1) is 5.69 Å². The Balaban J connectivity index is 1.31. The molecule has 2 N–H and O–H groups in total. The van der Waals surface area contributed by atoms with Gasteiger partial charge in [0.1, 0.15) is 17.7 Å². The van der Waals surface area contributed by atoms with Gasteiger partial charge in [-0.2, -0.15) is 0 Å². The van der Waals surface area contributed by atoms with Crippen LogP contribution in [0.4, 0.5) is 10.1 Å². The number of nitrogens with two attached hydrogens (primary N) is 1. The van der Waals surface area contributed by atoms with Gasteiger partial charge < -0.3 is 10.5 Å². The van der Waals surface area contributed by atoms with Crippen LogP contribution in [-0.4, -0.2) is 43.8 Å². The number of aromatic nitrogens is 1. The average Bonchev–Trinajstić information content (AvgIpc) is 2.69. The van der Waals surface area contributed by atoms with E-state index in [1.165, 1.54) is 12.1 Å². The highest BCUT2D eigenvalue weighted by Gasteiger charge is 2.28. The molecule has 1 saturated heterocycles. The Labute approximate surface area is 175 Å². The molecule has 1 aliphatic rings. The van der Waals surface area contributed by atoms with Crippen LogP contribution >= 0.6 is 0 Å². The van der Waals surface area contributed by atoms with Crippen LogP contribution in [0.3, 0.4) is 0 Å². The van der Waals surface area contributed by atoms with Gasteiger partial charge in [-0.1, -0.05) is 18.2 Å². The van der Waals surface area contributed by atoms with Crippen molar-refractivity contribution in [2.45, 2.75) is 17.7 Å². The van der Waals surface area contributed by atoms with Crippen LogP contribution in [0.1, 0.15) is 5.56 Å². The first-order valence-corrected chi connectivity index (χ1v) is 11.4. The number of hydrogen-bond acceptors (Lipinski definition) is 6. The molecule has 1 aliphatic heterocycles. The number of nitrogens with zero attached hydrogens (tertiary/aromatic N) is 2. The molecule has 0 spiro atoms. The molecule has 8 heteroatoms. The molecule has 6 nitrogen and oxygen atoms in total. The lowest BCUT2D eigenvalue weighted by atomic mass is 10.1. The highest BCUT2D eigenvalue weighted by Crippen LogP contribution is 2.25. The highest BCUT2D eigenvalue weighted by molar-refractivity contribution is 7.90. The van der Waals surface area contributed by atoms with Crippen molar-refractivity contribution in [3.8, 4) is 16.9 Å². The third-order valence-corrected chi connectivity index (χ3v) is 6.00. The maximum atomic E-state index is 13.3. The number of benzene rings is 2. The van der Waals surface area contributed by atoms with E-state index in [9.17, 15) is 12.8 Å². The van der Waals surface area contributed by atoms with Crippen LogP contribution in [0.25, 0.3) is 11.1 Å². The van der Waals surface area contributed by atoms with Crippen LogP contribution in [0.15, 0.2) is 65.8 Å². The monoisotopic (exact) mass is 427 g/mol. The standard InChI is InChI=1S/C22H22FN3O3S/c1-30(27,28)22-9-5-17(11-25-22)16-3-6-18(7-4-16)29-19-13-26(14-19)12-15-2-8-20(23)21(24)10-15/h2-11,19H,12-14,24H2,1H3. The maximum Gasteiger partial charge on any atom is 0.192 e. The first-order chi connectivity index (χ1) is 14.3. The lowest BCUT2D eigenvalue weighted by Crippen LogP contribution is -2.53. The van der Waals surface area contributed by atoms with E-state index < -0.39 is 15.7 Å². The summed E-state index contributed by atoms with van der Waals surface area (Å²) in [6.07, 6.45) is 2.79. The Bertz CT molecular complexity index is 1140. The smallest absolute Gasteiger partial charge is 0.192 e. The lowest BCUT2D eigenvalue weighted by Gasteiger charge is -2.39. The van der Waals surface area contributed by atoms with Crippen molar-refractivity contribution in [2.75, 3.05) is 25.1 Å². The molecule has 1 aromatic heterocycles. The molecule has 2 heterocycles. The van der Waals surface area contributed by atoms with E-state index >= 15 is 0 Å². The summed E-state index contributed by atoms with van der Waals surface area (Å²) >= 11 is 0. The fourth-order valence-corrected chi connectivity index (χ4v) is 3.92. The summed E-state index contributed by atoms with van der Waals surface area (Å²) in [6.45, 7) is 2.28. The van der Waals surface area contributed by atoms with Gasteiger partial charge in [-0.3, -0.25) is 4.90 Å². The number of likely N-dealkylation sites (tertiary alicyclic amines) is 1. The SMILES string of the molecule is CS(=O)(=O)c1ccc(-c2ccc(OC3CN(Cc4ccc(F)c(N)c4)C3)cc2)cn1. The molecule has 3 aromatic rings. The molecule has 4 rings (SSSR count). The van der Waals surface area contributed by atoms with Gasteiger partial charge in [0.2, 0.25) is 0 Å². The molecule has 0 aliphatic carbocycles. The zero-order valence-electron chi connectivity index (χ0n) is 16.5. The number of ether oxygens (including phenoxy) is 1. The van der Waals surface area contributed by atoms with Crippen LogP contribution in [0, 0.1) is 5.82 Å². The lowest BCUT2D eigenvalue weighted by molar-refractivity contribution is 0.0146. The Kier molecular flexibility index (Phi) is 5.44. The normalized spacial score (nSPS) is 15.0. The van der Waals surface area contributed by atoms with Crippen molar-refractivity contribution >= 4 is 15.5 Å². The summed E-state index contributed by atoms with van der Waals surface area (Å²) in [6, 6.07) is 15.7. The van der Waals surface area contributed by atoms with Gasteiger partial charge in [-0.25, -0.2) is 17.8 Å².